The van der Waals surface area contributed by atoms with Crippen LogP contribution in [0.25, 0.3) is 0 Å². The van der Waals surface area contributed by atoms with Crippen LogP contribution in [0.1, 0.15) is 19.3 Å². The van der Waals surface area contributed by atoms with Gasteiger partial charge in [-0.1, -0.05) is 0 Å². The molecule has 2 atom stereocenters. The first-order valence-corrected chi connectivity index (χ1v) is 5.09. The van der Waals surface area contributed by atoms with Crippen molar-refractivity contribution in [3.8, 4) is 0 Å². The summed E-state index contributed by atoms with van der Waals surface area (Å²) in [6.45, 7) is 0.373. The van der Waals surface area contributed by atoms with Crippen molar-refractivity contribution in [3.05, 3.63) is 0 Å². The topological polar surface area (TPSA) is 156 Å². The zero-order valence-corrected chi connectivity index (χ0v) is 9.26. The Morgan fingerprint density at radius 3 is 2.24 bits per heavy atom. The van der Waals surface area contributed by atoms with Crippen molar-refractivity contribution in [3.63, 3.8) is 0 Å². The van der Waals surface area contributed by atoms with Gasteiger partial charge in [0.1, 0.15) is 6.04 Å². The van der Waals surface area contributed by atoms with E-state index in [2.05, 4.69) is 5.32 Å². The highest BCUT2D eigenvalue weighted by Gasteiger charge is 2.25. The average molecular weight is 247 g/mol. The van der Waals surface area contributed by atoms with Crippen LogP contribution in [0, 0.1) is 0 Å². The number of carboxylic acids is 2. The third kappa shape index (κ3) is 6.48. The van der Waals surface area contributed by atoms with Crippen molar-refractivity contribution in [2.45, 2.75) is 31.3 Å². The minimum Gasteiger partial charge on any atom is -0.481 e. The molecule has 0 aliphatic rings. The average Bonchev–Trinajstić information content (AvgIpc) is 2.23. The number of rotatable bonds is 8. The molecule has 17 heavy (non-hydrogen) atoms. The van der Waals surface area contributed by atoms with Gasteiger partial charge in [0.15, 0.2) is 0 Å². The van der Waals surface area contributed by atoms with E-state index in [4.69, 9.17) is 21.7 Å². The molecule has 1 amide bonds. The minimum atomic E-state index is -1.47. The first-order valence-electron chi connectivity index (χ1n) is 5.09. The predicted molar refractivity (Wildman–Crippen MR) is 58.1 cm³/mol. The van der Waals surface area contributed by atoms with Crippen LogP contribution in [0.15, 0.2) is 0 Å². The molecule has 0 saturated carbocycles. The van der Waals surface area contributed by atoms with Gasteiger partial charge in [0, 0.05) is 0 Å². The smallest absolute Gasteiger partial charge is 0.326 e. The summed E-state index contributed by atoms with van der Waals surface area (Å²) in [6.07, 6.45) is 0.164. The largest absolute Gasteiger partial charge is 0.481 e. The second kappa shape index (κ2) is 7.58. The second-order valence-electron chi connectivity index (χ2n) is 3.53. The molecule has 8 heteroatoms. The number of hydrogen-bond acceptors (Lipinski definition) is 5. The maximum atomic E-state index is 11.4. The summed E-state index contributed by atoms with van der Waals surface area (Å²) in [5, 5.41) is 19.2. The van der Waals surface area contributed by atoms with Crippen LogP contribution >= 0.6 is 0 Å². The van der Waals surface area contributed by atoms with Crippen LogP contribution in [0.3, 0.4) is 0 Å². The quantitative estimate of drug-likeness (QED) is 0.335. The third-order valence-corrected chi connectivity index (χ3v) is 2.05. The number of amides is 1. The number of carbonyl (C=O) groups excluding carboxylic acids is 1. The summed E-state index contributed by atoms with van der Waals surface area (Å²) < 4.78 is 0. The highest BCUT2D eigenvalue weighted by atomic mass is 16.4. The van der Waals surface area contributed by atoms with Gasteiger partial charge in [0.25, 0.3) is 0 Å². The highest BCUT2D eigenvalue weighted by Crippen LogP contribution is 1.97. The fourth-order valence-electron chi connectivity index (χ4n) is 1.12. The van der Waals surface area contributed by atoms with Crippen molar-refractivity contribution < 1.29 is 24.6 Å². The van der Waals surface area contributed by atoms with Crippen LogP contribution in [0.2, 0.25) is 0 Å². The van der Waals surface area contributed by atoms with Gasteiger partial charge in [0.05, 0.1) is 12.5 Å². The summed E-state index contributed by atoms with van der Waals surface area (Å²) >= 11 is 0. The number of nitrogens with one attached hydrogen (secondary N) is 1. The van der Waals surface area contributed by atoms with E-state index in [1.54, 1.807) is 0 Å². The Morgan fingerprint density at radius 2 is 1.82 bits per heavy atom. The molecule has 0 spiro atoms. The Labute approximate surface area is 98.0 Å². The molecule has 0 bridgehead atoms. The summed E-state index contributed by atoms with van der Waals surface area (Å²) in [4.78, 5) is 32.5. The maximum Gasteiger partial charge on any atom is 0.326 e. The molecule has 0 heterocycles. The van der Waals surface area contributed by atoms with E-state index < -0.39 is 36.4 Å². The molecular weight excluding hydrogens is 230 g/mol. The molecular formula is C9H17N3O5. The first kappa shape index (κ1) is 15.3. The number of aliphatic carboxylic acids is 2. The molecule has 0 saturated heterocycles. The van der Waals surface area contributed by atoms with Crippen molar-refractivity contribution in [2.75, 3.05) is 6.54 Å². The van der Waals surface area contributed by atoms with Crippen molar-refractivity contribution in [1.29, 1.82) is 0 Å². The Kier molecular flexibility index (Phi) is 6.83. The van der Waals surface area contributed by atoms with Gasteiger partial charge >= 0.3 is 11.9 Å². The Hall–Kier alpha value is -1.67. The zero-order chi connectivity index (χ0) is 13.4. The Balaban J connectivity index is 4.29. The minimum absolute atomic E-state index is 0.321. The molecule has 0 aromatic heterocycles. The van der Waals surface area contributed by atoms with E-state index in [-0.39, 0.29) is 0 Å². The Bertz CT molecular complexity index is 294. The Morgan fingerprint density at radius 1 is 1.24 bits per heavy atom. The van der Waals surface area contributed by atoms with E-state index in [0.717, 1.165) is 0 Å². The molecule has 8 nitrogen and oxygen atoms in total. The zero-order valence-electron chi connectivity index (χ0n) is 9.26. The number of nitrogens with two attached hydrogens (primary N) is 2. The number of carbonyl (C=O) groups is 3. The molecule has 0 aromatic carbocycles. The van der Waals surface area contributed by atoms with E-state index in [1.165, 1.54) is 0 Å². The summed E-state index contributed by atoms with van der Waals surface area (Å²) in [5.41, 5.74) is 10.7. The molecule has 0 aliphatic carbocycles. The van der Waals surface area contributed by atoms with E-state index in [9.17, 15) is 14.4 Å². The number of carboxylic acid groups (broad SMARTS) is 2. The number of hydrogen-bond donors (Lipinski definition) is 5. The molecule has 0 radical (unpaired) electrons. The predicted octanol–water partition coefficient (Wildman–Crippen LogP) is -1.90. The van der Waals surface area contributed by atoms with Crippen LogP contribution in [0.5, 0.6) is 0 Å². The lowest BCUT2D eigenvalue weighted by Crippen LogP contribution is -2.49. The molecule has 0 fully saturated rings. The fraction of sp³-hybridized carbons (Fsp3) is 0.667. The fourth-order valence-corrected chi connectivity index (χ4v) is 1.12. The molecule has 0 unspecified atom stereocenters. The third-order valence-electron chi connectivity index (χ3n) is 2.05. The van der Waals surface area contributed by atoms with Gasteiger partial charge in [-0.25, -0.2) is 4.79 Å². The van der Waals surface area contributed by atoms with E-state index >= 15 is 0 Å². The van der Waals surface area contributed by atoms with E-state index in [1.807, 2.05) is 0 Å². The molecule has 0 aliphatic heterocycles. The SMILES string of the molecule is NCCC[C@H](N)C(=O)N[C@@H](CC(=O)O)C(=O)O. The van der Waals surface area contributed by atoms with Crippen molar-refractivity contribution in [1.82, 2.24) is 5.32 Å². The van der Waals surface area contributed by atoms with Crippen LogP contribution in [0.4, 0.5) is 0 Å². The summed E-state index contributed by atoms with van der Waals surface area (Å²) in [6, 6.07) is -2.35. The summed E-state index contributed by atoms with van der Waals surface area (Å²) in [5.74, 6) is -3.41. The van der Waals surface area contributed by atoms with Crippen molar-refractivity contribution in [2.24, 2.45) is 11.5 Å². The van der Waals surface area contributed by atoms with E-state index in [0.29, 0.717) is 19.4 Å². The highest BCUT2D eigenvalue weighted by molar-refractivity contribution is 5.88. The van der Waals surface area contributed by atoms with Gasteiger partial charge in [-0.05, 0) is 19.4 Å². The lowest BCUT2D eigenvalue weighted by molar-refractivity contribution is -0.147. The molecule has 7 N–H and O–H groups in total. The van der Waals surface area contributed by atoms with Gasteiger partial charge in [-0.15, -0.1) is 0 Å². The lowest BCUT2D eigenvalue weighted by atomic mass is 10.1. The second-order valence-corrected chi connectivity index (χ2v) is 3.53. The first-order chi connectivity index (χ1) is 7.88. The van der Waals surface area contributed by atoms with Gasteiger partial charge < -0.3 is 27.0 Å². The monoisotopic (exact) mass is 247 g/mol. The van der Waals surface area contributed by atoms with Gasteiger partial charge in [-0.3, -0.25) is 9.59 Å². The van der Waals surface area contributed by atoms with Crippen LogP contribution in [-0.2, 0) is 14.4 Å². The molecule has 0 rings (SSSR count). The van der Waals surface area contributed by atoms with Crippen molar-refractivity contribution >= 4 is 17.8 Å². The summed E-state index contributed by atoms with van der Waals surface area (Å²) in [7, 11) is 0. The van der Waals surface area contributed by atoms with Crippen LogP contribution < -0.4 is 16.8 Å². The lowest BCUT2D eigenvalue weighted by Gasteiger charge is -2.16. The van der Waals surface area contributed by atoms with Crippen LogP contribution in [-0.4, -0.2) is 46.7 Å². The maximum absolute atomic E-state index is 11.4. The van der Waals surface area contributed by atoms with Gasteiger partial charge in [-0.2, -0.15) is 0 Å². The normalized spacial score (nSPS) is 13.8. The standard InChI is InChI=1S/C9H17N3O5/c10-3-1-2-5(11)8(15)12-6(9(16)17)4-7(13)14/h5-6H,1-4,10-11H2,(H,12,15)(H,13,14)(H,16,17)/t5-,6-/m0/s1. The molecule has 98 valence electrons. The van der Waals surface area contributed by atoms with Gasteiger partial charge in [0.2, 0.25) is 5.91 Å². The molecule has 0 aromatic rings.